The molecule has 1 atom stereocenters. The topological polar surface area (TPSA) is 58.4 Å². The van der Waals surface area contributed by atoms with Gasteiger partial charge in [0.1, 0.15) is 0 Å². The number of hydrogen-bond donors (Lipinski definition) is 0. The number of aromatic nitrogens is 2. The van der Waals surface area contributed by atoms with Gasteiger partial charge in [-0.05, 0) is 63.1 Å². The maximum Gasteiger partial charge on any atom is 0.266 e. The second kappa shape index (κ2) is 7.51. The van der Waals surface area contributed by atoms with Crippen LogP contribution in [-0.2, 0) is 11.3 Å². The Hall–Kier alpha value is -1.69. The number of carbonyl (C=O) groups is 1. The molecular weight excluding hydrogens is 328 g/mol. The van der Waals surface area contributed by atoms with Crippen molar-refractivity contribution in [1.29, 1.82) is 0 Å². The first-order valence-corrected chi connectivity index (χ1v) is 10.1. The number of carbonyl (C=O) groups excluding carboxylic acids is 1. The number of piperidine rings is 2. The molecule has 1 unspecified atom stereocenters. The summed E-state index contributed by atoms with van der Waals surface area (Å²) in [5.41, 5.74) is 1.13. The van der Waals surface area contributed by atoms with Gasteiger partial charge in [0.25, 0.3) is 5.56 Å². The van der Waals surface area contributed by atoms with Crippen LogP contribution in [-0.4, -0.2) is 58.7 Å². The number of amides is 1. The van der Waals surface area contributed by atoms with Crippen LogP contribution in [0.3, 0.4) is 0 Å². The highest BCUT2D eigenvalue weighted by atomic mass is 16.2. The minimum Gasteiger partial charge on any atom is -0.345 e. The van der Waals surface area contributed by atoms with E-state index in [1.807, 2.05) is 18.0 Å². The van der Waals surface area contributed by atoms with Crippen molar-refractivity contribution in [2.75, 3.05) is 33.2 Å². The van der Waals surface area contributed by atoms with Crippen LogP contribution in [0.2, 0.25) is 0 Å². The van der Waals surface area contributed by atoms with E-state index in [2.05, 4.69) is 10.00 Å². The lowest BCUT2D eigenvalue weighted by molar-refractivity contribution is -0.133. The smallest absolute Gasteiger partial charge is 0.266 e. The molecule has 0 radical (unpaired) electrons. The molecule has 0 bridgehead atoms. The third-order valence-corrected chi connectivity index (χ3v) is 6.26. The lowest BCUT2D eigenvalue weighted by Gasteiger charge is -2.37. The zero-order valence-corrected chi connectivity index (χ0v) is 15.8. The van der Waals surface area contributed by atoms with Crippen molar-refractivity contribution in [1.82, 2.24) is 19.6 Å². The highest BCUT2D eigenvalue weighted by molar-refractivity contribution is 5.76. The van der Waals surface area contributed by atoms with Crippen LogP contribution in [0.4, 0.5) is 0 Å². The summed E-state index contributed by atoms with van der Waals surface area (Å²) in [6, 6.07) is 3.60. The number of hydrogen-bond acceptors (Lipinski definition) is 4. The Balaban J connectivity index is 1.27. The molecule has 142 valence electrons. The molecule has 3 aliphatic rings. The van der Waals surface area contributed by atoms with Crippen LogP contribution in [0, 0.1) is 11.8 Å². The Kier molecular flexibility index (Phi) is 5.11. The predicted molar refractivity (Wildman–Crippen MR) is 100.0 cm³/mol. The van der Waals surface area contributed by atoms with Gasteiger partial charge >= 0.3 is 0 Å². The average Bonchev–Trinajstić information content (AvgIpc) is 3.47. The fourth-order valence-electron chi connectivity index (χ4n) is 4.40. The molecule has 2 saturated heterocycles. The Morgan fingerprint density at radius 3 is 2.46 bits per heavy atom. The van der Waals surface area contributed by atoms with Crippen molar-refractivity contribution in [3.63, 3.8) is 0 Å². The van der Waals surface area contributed by atoms with Crippen molar-refractivity contribution >= 4 is 5.91 Å². The molecule has 1 aliphatic carbocycles. The zero-order chi connectivity index (χ0) is 18.1. The summed E-state index contributed by atoms with van der Waals surface area (Å²) in [4.78, 5) is 28.2. The highest BCUT2D eigenvalue weighted by Gasteiger charge is 2.28. The highest BCUT2D eigenvalue weighted by Crippen LogP contribution is 2.38. The molecule has 6 heteroatoms. The molecule has 4 rings (SSSR count). The molecule has 6 nitrogen and oxygen atoms in total. The second-order valence-electron chi connectivity index (χ2n) is 8.48. The van der Waals surface area contributed by atoms with E-state index in [-0.39, 0.29) is 11.5 Å². The first kappa shape index (κ1) is 17.7. The van der Waals surface area contributed by atoms with E-state index in [0.29, 0.717) is 24.2 Å². The molecule has 1 aromatic heterocycles. The van der Waals surface area contributed by atoms with Crippen molar-refractivity contribution in [3.8, 4) is 0 Å². The SMILES string of the molecule is CN1CC(CN2CCC(Cn3nc(C4CC4)ccc3=O)CC2)CCC1=O. The van der Waals surface area contributed by atoms with Crippen molar-refractivity contribution in [2.24, 2.45) is 11.8 Å². The number of nitrogens with zero attached hydrogens (tertiary/aromatic N) is 4. The number of likely N-dealkylation sites (tertiary alicyclic amines) is 2. The van der Waals surface area contributed by atoms with Gasteiger partial charge in [0.2, 0.25) is 5.91 Å². The fourth-order valence-corrected chi connectivity index (χ4v) is 4.40. The molecule has 26 heavy (non-hydrogen) atoms. The zero-order valence-electron chi connectivity index (χ0n) is 15.8. The quantitative estimate of drug-likeness (QED) is 0.804. The summed E-state index contributed by atoms with van der Waals surface area (Å²) < 4.78 is 1.70. The van der Waals surface area contributed by atoms with Gasteiger partial charge in [-0.15, -0.1) is 0 Å². The van der Waals surface area contributed by atoms with Gasteiger partial charge in [-0.1, -0.05) is 0 Å². The molecular formula is C20H30N4O2. The summed E-state index contributed by atoms with van der Waals surface area (Å²) in [6.45, 7) is 4.94. The van der Waals surface area contributed by atoms with Crippen LogP contribution in [0.25, 0.3) is 0 Å². The maximum absolute atomic E-state index is 12.1. The van der Waals surface area contributed by atoms with Crippen molar-refractivity contribution in [3.05, 3.63) is 28.2 Å². The monoisotopic (exact) mass is 358 g/mol. The molecule has 3 heterocycles. The van der Waals surface area contributed by atoms with E-state index in [1.54, 1.807) is 10.7 Å². The minimum atomic E-state index is 0.0340. The third kappa shape index (κ3) is 4.17. The summed E-state index contributed by atoms with van der Waals surface area (Å²) in [6.07, 6.45) is 6.41. The first-order valence-electron chi connectivity index (χ1n) is 10.1. The lowest BCUT2D eigenvalue weighted by Crippen LogP contribution is -2.44. The lowest BCUT2D eigenvalue weighted by atomic mass is 9.93. The van der Waals surface area contributed by atoms with Gasteiger partial charge in [0.15, 0.2) is 0 Å². The van der Waals surface area contributed by atoms with Gasteiger partial charge in [-0.25, -0.2) is 4.68 Å². The van der Waals surface area contributed by atoms with Gasteiger partial charge < -0.3 is 9.80 Å². The van der Waals surface area contributed by atoms with E-state index in [1.165, 1.54) is 12.8 Å². The number of rotatable bonds is 5. The average molecular weight is 358 g/mol. The molecule has 1 saturated carbocycles. The van der Waals surface area contributed by atoms with Crippen LogP contribution < -0.4 is 5.56 Å². The molecule has 0 spiro atoms. The largest absolute Gasteiger partial charge is 0.345 e. The Bertz CT molecular complexity index is 704. The third-order valence-electron chi connectivity index (χ3n) is 6.26. The molecule has 0 N–H and O–H groups in total. The molecule has 0 aromatic carbocycles. The fraction of sp³-hybridized carbons (Fsp3) is 0.750. The van der Waals surface area contributed by atoms with Crippen LogP contribution >= 0.6 is 0 Å². The molecule has 3 fully saturated rings. The molecule has 1 amide bonds. The van der Waals surface area contributed by atoms with Crippen LogP contribution in [0.15, 0.2) is 16.9 Å². The Morgan fingerprint density at radius 2 is 1.77 bits per heavy atom. The standard InChI is InChI=1S/C20H30N4O2/c1-22-12-16(2-6-19(22)25)13-23-10-8-15(9-11-23)14-24-20(26)7-5-18(21-24)17-3-4-17/h5,7,15-17H,2-4,6,8-14H2,1H3. The van der Waals surface area contributed by atoms with Gasteiger partial charge in [0, 0.05) is 45.1 Å². The summed E-state index contributed by atoms with van der Waals surface area (Å²) >= 11 is 0. The Labute approximate surface area is 155 Å². The summed E-state index contributed by atoms with van der Waals surface area (Å²) in [5.74, 6) is 2.02. The minimum absolute atomic E-state index is 0.0340. The van der Waals surface area contributed by atoms with Gasteiger partial charge in [-0.3, -0.25) is 9.59 Å². The van der Waals surface area contributed by atoms with Gasteiger partial charge in [-0.2, -0.15) is 5.10 Å². The summed E-state index contributed by atoms with van der Waals surface area (Å²) in [5, 5.41) is 4.61. The maximum atomic E-state index is 12.1. The first-order chi connectivity index (χ1) is 12.6. The van der Waals surface area contributed by atoms with Crippen molar-refractivity contribution in [2.45, 2.75) is 51.0 Å². The second-order valence-corrected chi connectivity index (χ2v) is 8.48. The normalized spacial score (nSPS) is 25.7. The van der Waals surface area contributed by atoms with Crippen LogP contribution in [0.5, 0.6) is 0 Å². The van der Waals surface area contributed by atoms with E-state index in [4.69, 9.17) is 0 Å². The van der Waals surface area contributed by atoms with Gasteiger partial charge in [0.05, 0.1) is 5.69 Å². The van der Waals surface area contributed by atoms with E-state index in [0.717, 1.165) is 57.7 Å². The predicted octanol–water partition coefficient (Wildman–Crippen LogP) is 1.70. The molecule has 1 aromatic rings. The van der Waals surface area contributed by atoms with Crippen LogP contribution in [0.1, 0.15) is 50.1 Å². The van der Waals surface area contributed by atoms with E-state index in [9.17, 15) is 9.59 Å². The van der Waals surface area contributed by atoms with Crippen molar-refractivity contribution < 1.29 is 4.79 Å². The summed E-state index contributed by atoms with van der Waals surface area (Å²) in [7, 11) is 1.92. The Morgan fingerprint density at radius 1 is 1.00 bits per heavy atom. The molecule has 2 aliphatic heterocycles. The van der Waals surface area contributed by atoms with E-state index >= 15 is 0 Å². The van der Waals surface area contributed by atoms with E-state index < -0.39 is 0 Å².